The Balaban J connectivity index is 2.02. The molecule has 1 aliphatic heterocycles. The minimum atomic E-state index is -3.79. The van der Waals surface area contributed by atoms with Gasteiger partial charge in [-0.1, -0.05) is 0 Å². The van der Waals surface area contributed by atoms with Gasteiger partial charge in [0.2, 0.25) is 10.0 Å². The van der Waals surface area contributed by atoms with Gasteiger partial charge in [0.05, 0.1) is 16.8 Å². The predicted octanol–water partition coefficient (Wildman–Crippen LogP) is 1.75. The molecule has 0 amide bonds. The van der Waals surface area contributed by atoms with Gasteiger partial charge in [-0.05, 0) is 18.9 Å². The van der Waals surface area contributed by atoms with Crippen molar-refractivity contribution in [2.24, 2.45) is 7.05 Å². The van der Waals surface area contributed by atoms with Gasteiger partial charge in [-0.2, -0.15) is 9.40 Å². The molecule has 0 spiro atoms. The van der Waals surface area contributed by atoms with Crippen LogP contribution in [0.4, 0.5) is 11.4 Å². The Kier molecular flexibility index (Phi) is 4.97. The van der Waals surface area contributed by atoms with Crippen LogP contribution < -0.4 is 4.90 Å². The molecular formula is C16H21N5O4S. The normalized spacial score (nSPS) is 15.3. The molecule has 0 saturated carbocycles. The Morgan fingerprint density at radius 1 is 1.31 bits per heavy atom. The Labute approximate surface area is 152 Å². The molecule has 140 valence electrons. The van der Waals surface area contributed by atoms with E-state index in [2.05, 4.69) is 5.10 Å². The van der Waals surface area contributed by atoms with Gasteiger partial charge in [-0.25, -0.2) is 8.42 Å². The van der Waals surface area contributed by atoms with Crippen molar-refractivity contribution in [1.82, 2.24) is 14.1 Å². The fraction of sp³-hybridized carbons (Fsp3) is 0.438. The van der Waals surface area contributed by atoms with E-state index in [4.69, 9.17) is 0 Å². The van der Waals surface area contributed by atoms with Crippen molar-refractivity contribution in [3.05, 3.63) is 46.3 Å². The Morgan fingerprint density at radius 2 is 2.00 bits per heavy atom. The highest BCUT2D eigenvalue weighted by molar-refractivity contribution is 7.89. The van der Waals surface area contributed by atoms with E-state index >= 15 is 0 Å². The molecule has 3 rings (SSSR count). The van der Waals surface area contributed by atoms with Gasteiger partial charge in [0.25, 0.3) is 5.69 Å². The first kappa shape index (κ1) is 18.3. The second-order valence-corrected chi connectivity index (χ2v) is 8.31. The van der Waals surface area contributed by atoms with Gasteiger partial charge in [0.1, 0.15) is 4.90 Å². The van der Waals surface area contributed by atoms with Gasteiger partial charge in [0.15, 0.2) is 0 Å². The quantitative estimate of drug-likeness (QED) is 0.560. The number of hydrogen-bond acceptors (Lipinski definition) is 6. The summed E-state index contributed by atoms with van der Waals surface area (Å²) in [6.07, 6.45) is 5.15. The topological polar surface area (TPSA) is 102 Å². The number of hydrogen-bond donors (Lipinski definition) is 0. The Hall–Kier alpha value is -2.46. The van der Waals surface area contributed by atoms with Crippen molar-refractivity contribution in [3.8, 4) is 0 Å². The standard InChI is InChI=1S/C16H21N5O4S/c1-18(11-13-10-17-19(2)12-13)15-6-5-14(21(22)23)9-16(15)26(24,25)20-7-3-4-8-20/h5-6,9-10,12H,3-4,7-8,11H2,1-2H3. The summed E-state index contributed by atoms with van der Waals surface area (Å²) in [5.74, 6) is 0. The van der Waals surface area contributed by atoms with Crippen LogP contribution in [-0.4, -0.2) is 47.6 Å². The van der Waals surface area contributed by atoms with Crippen LogP contribution in [0.25, 0.3) is 0 Å². The maximum absolute atomic E-state index is 13.1. The number of benzene rings is 1. The number of anilines is 1. The van der Waals surface area contributed by atoms with Crippen LogP contribution in [0.5, 0.6) is 0 Å². The third kappa shape index (κ3) is 3.56. The number of aryl methyl sites for hydroxylation is 1. The van der Waals surface area contributed by atoms with E-state index in [1.807, 2.05) is 6.20 Å². The summed E-state index contributed by atoms with van der Waals surface area (Å²) in [5.41, 5.74) is 1.12. The van der Waals surface area contributed by atoms with Crippen LogP contribution >= 0.6 is 0 Å². The first-order chi connectivity index (χ1) is 12.3. The molecule has 1 saturated heterocycles. The molecule has 0 radical (unpaired) electrons. The van der Waals surface area contributed by atoms with Crippen LogP contribution in [0.3, 0.4) is 0 Å². The van der Waals surface area contributed by atoms with Gasteiger partial charge < -0.3 is 4.90 Å². The summed E-state index contributed by atoms with van der Waals surface area (Å²) in [6.45, 7) is 1.32. The number of sulfonamides is 1. The first-order valence-electron chi connectivity index (χ1n) is 8.26. The number of nitrogens with zero attached hydrogens (tertiary/aromatic N) is 5. The maximum atomic E-state index is 13.1. The molecule has 0 unspecified atom stereocenters. The fourth-order valence-electron chi connectivity index (χ4n) is 3.12. The van der Waals surface area contributed by atoms with Crippen LogP contribution in [0.1, 0.15) is 18.4 Å². The van der Waals surface area contributed by atoms with E-state index in [0.29, 0.717) is 25.3 Å². The number of nitro groups is 1. The molecule has 0 atom stereocenters. The zero-order valence-electron chi connectivity index (χ0n) is 14.7. The van der Waals surface area contributed by atoms with Crippen molar-refractivity contribution >= 4 is 21.4 Å². The van der Waals surface area contributed by atoms with E-state index < -0.39 is 14.9 Å². The largest absolute Gasteiger partial charge is 0.369 e. The van der Waals surface area contributed by atoms with Crippen LogP contribution in [0, 0.1) is 10.1 Å². The van der Waals surface area contributed by atoms with Gasteiger partial charge in [0, 0.05) is 57.6 Å². The lowest BCUT2D eigenvalue weighted by molar-refractivity contribution is -0.385. The number of non-ortho nitro benzene ring substituents is 1. The zero-order chi connectivity index (χ0) is 18.9. The van der Waals surface area contributed by atoms with Crippen LogP contribution in [0.2, 0.25) is 0 Å². The number of rotatable bonds is 6. The summed E-state index contributed by atoms with van der Waals surface area (Å²) in [4.78, 5) is 12.3. The summed E-state index contributed by atoms with van der Waals surface area (Å²) in [5, 5.41) is 15.3. The minimum Gasteiger partial charge on any atom is -0.369 e. The van der Waals surface area contributed by atoms with E-state index in [9.17, 15) is 18.5 Å². The molecule has 26 heavy (non-hydrogen) atoms. The van der Waals surface area contributed by atoms with Crippen molar-refractivity contribution in [3.63, 3.8) is 0 Å². The molecule has 0 bridgehead atoms. The summed E-state index contributed by atoms with van der Waals surface area (Å²) < 4.78 is 29.2. The van der Waals surface area contributed by atoms with Gasteiger partial charge in [-0.3, -0.25) is 14.8 Å². The SMILES string of the molecule is CN(Cc1cnn(C)c1)c1ccc([N+](=O)[O-])cc1S(=O)(=O)N1CCCC1. The van der Waals surface area contributed by atoms with Crippen molar-refractivity contribution in [2.75, 3.05) is 25.0 Å². The lowest BCUT2D eigenvalue weighted by Crippen LogP contribution is -2.30. The number of aromatic nitrogens is 2. The third-order valence-electron chi connectivity index (χ3n) is 4.43. The fourth-order valence-corrected chi connectivity index (χ4v) is 4.89. The molecule has 1 fully saturated rings. The van der Waals surface area contributed by atoms with Crippen LogP contribution in [0.15, 0.2) is 35.5 Å². The molecule has 2 aromatic rings. The lowest BCUT2D eigenvalue weighted by Gasteiger charge is -2.24. The second-order valence-electron chi connectivity index (χ2n) is 6.40. The summed E-state index contributed by atoms with van der Waals surface area (Å²) in [6, 6.07) is 3.98. The molecular weight excluding hydrogens is 358 g/mol. The monoisotopic (exact) mass is 379 g/mol. The molecule has 10 heteroatoms. The van der Waals surface area contributed by atoms with E-state index in [0.717, 1.165) is 24.5 Å². The van der Waals surface area contributed by atoms with E-state index in [1.54, 1.807) is 29.9 Å². The molecule has 1 aromatic heterocycles. The lowest BCUT2D eigenvalue weighted by atomic mass is 10.2. The molecule has 2 heterocycles. The highest BCUT2D eigenvalue weighted by Crippen LogP contribution is 2.33. The molecule has 1 aliphatic rings. The summed E-state index contributed by atoms with van der Waals surface area (Å²) in [7, 11) is -0.226. The predicted molar refractivity (Wildman–Crippen MR) is 96.4 cm³/mol. The highest BCUT2D eigenvalue weighted by Gasteiger charge is 2.31. The molecule has 0 aliphatic carbocycles. The smallest absolute Gasteiger partial charge is 0.270 e. The first-order valence-corrected chi connectivity index (χ1v) is 9.70. The van der Waals surface area contributed by atoms with Crippen molar-refractivity contribution < 1.29 is 13.3 Å². The minimum absolute atomic E-state index is 0.0278. The maximum Gasteiger partial charge on any atom is 0.270 e. The highest BCUT2D eigenvalue weighted by atomic mass is 32.2. The number of nitro benzene ring substituents is 1. The van der Waals surface area contributed by atoms with Crippen molar-refractivity contribution in [1.29, 1.82) is 0 Å². The van der Waals surface area contributed by atoms with Crippen molar-refractivity contribution in [2.45, 2.75) is 24.3 Å². The van der Waals surface area contributed by atoms with Gasteiger partial charge >= 0.3 is 0 Å². The second kappa shape index (κ2) is 7.04. The molecule has 9 nitrogen and oxygen atoms in total. The van der Waals surface area contributed by atoms with E-state index in [1.165, 1.54) is 16.4 Å². The molecule has 0 N–H and O–H groups in total. The third-order valence-corrected chi connectivity index (χ3v) is 6.35. The Morgan fingerprint density at radius 3 is 2.58 bits per heavy atom. The van der Waals surface area contributed by atoms with Crippen LogP contribution in [-0.2, 0) is 23.6 Å². The molecule has 1 aromatic carbocycles. The summed E-state index contributed by atoms with van der Waals surface area (Å²) >= 11 is 0. The zero-order valence-corrected chi connectivity index (χ0v) is 15.5. The Bertz CT molecular complexity index is 918. The average Bonchev–Trinajstić information content (AvgIpc) is 3.26. The van der Waals surface area contributed by atoms with E-state index in [-0.39, 0.29) is 10.6 Å². The van der Waals surface area contributed by atoms with Gasteiger partial charge in [-0.15, -0.1) is 0 Å². The average molecular weight is 379 g/mol.